The van der Waals surface area contributed by atoms with E-state index < -0.39 is 0 Å². The van der Waals surface area contributed by atoms with Gasteiger partial charge in [0.2, 0.25) is 0 Å². The van der Waals surface area contributed by atoms with E-state index in [1.165, 1.54) is 0 Å². The van der Waals surface area contributed by atoms with Gasteiger partial charge in [0.15, 0.2) is 0 Å². The summed E-state index contributed by atoms with van der Waals surface area (Å²) in [6.07, 6.45) is 1.98. The molecule has 3 heteroatoms. The van der Waals surface area contributed by atoms with Gasteiger partial charge in [-0.25, -0.2) is 0 Å². The molecular formula is C11H16N2O. The van der Waals surface area contributed by atoms with E-state index in [4.69, 9.17) is 5.73 Å². The van der Waals surface area contributed by atoms with Crippen molar-refractivity contribution >= 4 is 0 Å². The summed E-state index contributed by atoms with van der Waals surface area (Å²) in [6, 6.07) is 7.96. The highest BCUT2D eigenvalue weighted by Crippen LogP contribution is 2.24. The van der Waals surface area contributed by atoms with E-state index in [0.29, 0.717) is 11.8 Å². The molecule has 1 fully saturated rings. The number of phenols is 1. The predicted octanol–water partition coefficient (Wildman–Crippen LogP) is 1.14. The molecule has 3 nitrogen and oxygen atoms in total. The molecule has 0 aromatic heterocycles. The monoisotopic (exact) mass is 192 g/mol. The molecule has 0 radical (unpaired) electrons. The van der Waals surface area contributed by atoms with Crippen molar-refractivity contribution in [2.24, 2.45) is 5.73 Å². The Kier molecular flexibility index (Phi) is 2.70. The van der Waals surface area contributed by atoms with Crippen LogP contribution in [0, 0.1) is 0 Å². The number of aromatic hydroxyl groups is 1. The van der Waals surface area contributed by atoms with Crippen LogP contribution in [0.15, 0.2) is 24.3 Å². The van der Waals surface area contributed by atoms with Crippen LogP contribution in [0.4, 0.5) is 0 Å². The molecular weight excluding hydrogens is 176 g/mol. The minimum atomic E-state index is 0.281. The highest BCUT2D eigenvalue weighted by molar-refractivity contribution is 5.29. The van der Waals surface area contributed by atoms with Gasteiger partial charge in [-0.1, -0.05) is 12.1 Å². The molecule has 0 bridgehead atoms. The molecule has 2 rings (SSSR count). The fourth-order valence-electron chi connectivity index (χ4n) is 1.94. The van der Waals surface area contributed by atoms with Gasteiger partial charge >= 0.3 is 0 Å². The number of piperidine rings is 1. The van der Waals surface area contributed by atoms with E-state index in [1.807, 2.05) is 12.1 Å². The molecule has 14 heavy (non-hydrogen) atoms. The number of rotatable bonds is 1. The first-order chi connectivity index (χ1) is 6.75. The van der Waals surface area contributed by atoms with Crippen molar-refractivity contribution < 1.29 is 5.11 Å². The van der Waals surface area contributed by atoms with Gasteiger partial charge in [-0.2, -0.15) is 0 Å². The molecule has 2 unspecified atom stereocenters. The average molecular weight is 192 g/mol. The number of nitrogens with two attached hydrogens (primary N) is 1. The quantitative estimate of drug-likeness (QED) is 0.625. The minimum Gasteiger partial charge on any atom is -0.508 e. The molecule has 0 amide bonds. The Morgan fingerprint density at radius 2 is 2.29 bits per heavy atom. The van der Waals surface area contributed by atoms with Crippen LogP contribution in [0.2, 0.25) is 0 Å². The number of phenolic OH excluding ortho intramolecular Hbond substituents is 1. The normalized spacial score (nSPS) is 27.5. The summed E-state index contributed by atoms with van der Waals surface area (Å²) in [6.45, 7) is 0.960. The van der Waals surface area contributed by atoms with Gasteiger partial charge < -0.3 is 16.2 Å². The van der Waals surface area contributed by atoms with Gasteiger partial charge in [0, 0.05) is 12.1 Å². The lowest BCUT2D eigenvalue weighted by atomic mass is 9.94. The third-order valence-electron chi connectivity index (χ3n) is 2.72. The third kappa shape index (κ3) is 2.05. The zero-order chi connectivity index (χ0) is 9.97. The molecule has 0 spiro atoms. The van der Waals surface area contributed by atoms with Crippen molar-refractivity contribution in [3.63, 3.8) is 0 Å². The van der Waals surface area contributed by atoms with Crippen molar-refractivity contribution in [2.75, 3.05) is 6.54 Å². The fourth-order valence-corrected chi connectivity index (χ4v) is 1.94. The number of nitrogens with one attached hydrogen (secondary N) is 1. The second-order valence-corrected chi connectivity index (χ2v) is 3.89. The first-order valence-corrected chi connectivity index (χ1v) is 5.03. The highest BCUT2D eigenvalue weighted by Gasteiger charge is 2.19. The van der Waals surface area contributed by atoms with Crippen LogP contribution < -0.4 is 11.1 Å². The van der Waals surface area contributed by atoms with E-state index in [-0.39, 0.29) is 6.04 Å². The topological polar surface area (TPSA) is 58.3 Å². The van der Waals surface area contributed by atoms with Crippen LogP contribution in [0.25, 0.3) is 0 Å². The van der Waals surface area contributed by atoms with Gasteiger partial charge in [0.25, 0.3) is 0 Å². The maximum atomic E-state index is 9.35. The summed E-state index contributed by atoms with van der Waals surface area (Å²) in [4.78, 5) is 0. The van der Waals surface area contributed by atoms with Crippen LogP contribution >= 0.6 is 0 Å². The lowest BCUT2D eigenvalue weighted by Gasteiger charge is -2.28. The average Bonchev–Trinajstić information content (AvgIpc) is 2.18. The zero-order valence-electron chi connectivity index (χ0n) is 8.11. The largest absolute Gasteiger partial charge is 0.508 e. The van der Waals surface area contributed by atoms with Gasteiger partial charge in [0.1, 0.15) is 5.75 Å². The molecule has 4 N–H and O–H groups in total. The molecule has 1 aromatic rings. The SMILES string of the molecule is NC1CCNC(c2cccc(O)c2)C1. The highest BCUT2D eigenvalue weighted by atomic mass is 16.3. The molecule has 1 saturated heterocycles. The lowest BCUT2D eigenvalue weighted by molar-refractivity contribution is 0.368. The van der Waals surface area contributed by atoms with Gasteiger partial charge in [-0.3, -0.25) is 0 Å². The summed E-state index contributed by atoms with van der Waals surface area (Å²) in [5.74, 6) is 0.323. The number of hydrogen-bond donors (Lipinski definition) is 3. The van der Waals surface area contributed by atoms with E-state index in [9.17, 15) is 5.11 Å². The summed E-state index contributed by atoms with van der Waals surface area (Å²) in [5, 5.41) is 12.8. The summed E-state index contributed by atoms with van der Waals surface area (Å²) in [7, 11) is 0. The van der Waals surface area contributed by atoms with Crippen molar-refractivity contribution in [1.82, 2.24) is 5.32 Å². The Morgan fingerprint density at radius 1 is 1.43 bits per heavy atom. The Labute approximate surface area is 83.9 Å². The molecule has 1 aromatic carbocycles. The molecule has 2 atom stereocenters. The van der Waals surface area contributed by atoms with Crippen LogP contribution in [0.5, 0.6) is 5.75 Å². The second-order valence-electron chi connectivity index (χ2n) is 3.89. The number of benzene rings is 1. The van der Waals surface area contributed by atoms with Crippen molar-refractivity contribution in [3.05, 3.63) is 29.8 Å². The lowest BCUT2D eigenvalue weighted by Crippen LogP contribution is -2.38. The Morgan fingerprint density at radius 3 is 3.00 bits per heavy atom. The van der Waals surface area contributed by atoms with E-state index in [0.717, 1.165) is 24.9 Å². The minimum absolute atomic E-state index is 0.281. The van der Waals surface area contributed by atoms with E-state index in [1.54, 1.807) is 12.1 Å². The molecule has 1 heterocycles. The van der Waals surface area contributed by atoms with Gasteiger partial charge in [-0.05, 0) is 37.1 Å². The summed E-state index contributed by atoms with van der Waals surface area (Å²) < 4.78 is 0. The second kappa shape index (κ2) is 3.98. The fraction of sp³-hybridized carbons (Fsp3) is 0.455. The smallest absolute Gasteiger partial charge is 0.115 e. The molecule has 1 aliphatic rings. The van der Waals surface area contributed by atoms with Crippen molar-refractivity contribution in [3.8, 4) is 5.75 Å². The Balaban J connectivity index is 2.14. The molecule has 0 saturated carbocycles. The summed E-state index contributed by atoms with van der Waals surface area (Å²) in [5.41, 5.74) is 7.02. The maximum absolute atomic E-state index is 9.35. The molecule has 0 aliphatic carbocycles. The molecule has 76 valence electrons. The summed E-state index contributed by atoms with van der Waals surface area (Å²) >= 11 is 0. The van der Waals surface area contributed by atoms with E-state index in [2.05, 4.69) is 5.32 Å². The number of hydrogen-bond acceptors (Lipinski definition) is 3. The molecule has 1 aliphatic heterocycles. The first kappa shape index (κ1) is 9.49. The van der Waals surface area contributed by atoms with Gasteiger partial charge in [-0.15, -0.1) is 0 Å². The Hall–Kier alpha value is -1.06. The first-order valence-electron chi connectivity index (χ1n) is 5.03. The van der Waals surface area contributed by atoms with E-state index >= 15 is 0 Å². The van der Waals surface area contributed by atoms with Crippen LogP contribution in [-0.4, -0.2) is 17.7 Å². The van der Waals surface area contributed by atoms with Crippen LogP contribution in [0.1, 0.15) is 24.4 Å². The standard InChI is InChI=1S/C11H16N2O/c12-9-4-5-13-11(7-9)8-2-1-3-10(14)6-8/h1-3,6,9,11,13-14H,4-5,7,12H2. The van der Waals surface area contributed by atoms with Gasteiger partial charge in [0.05, 0.1) is 0 Å². The Bertz CT molecular complexity index is 314. The van der Waals surface area contributed by atoms with Crippen molar-refractivity contribution in [2.45, 2.75) is 24.9 Å². The maximum Gasteiger partial charge on any atom is 0.115 e. The third-order valence-corrected chi connectivity index (χ3v) is 2.72. The van der Waals surface area contributed by atoms with Crippen LogP contribution in [0.3, 0.4) is 0 Å². The zero-order valence-corrected chi connectivity index (χ0v) is 8.11. The predicted molar refractivity (Wildman–Crippen MR) is 56.1 cm³/mol. The van der Waals surface area contributed by atoms with Crippen molar-refractivity contribution in [1.29, 1.82) is 0 Å². The van der Waals surface area contributed by atoms with Crippen LogP contribution in [-0.2, 0) is 0 Å².